The predicted octanol–water partition coefficient (Wildman–Crippen LogP) is 4.30. The molecule has 0 aliphatic carbocycles. The highest BCUT2D eigenvalue weighted by atomic mass is 19.1. The number of nitrogens with one attached hydrogen (secondary N) is 1. The Morgan fingerprint density at radius 3 is 2.75 bits per heavy atom. The summed E-state index contributed by atoms with van der Waals surface area (Å²) in [4.78, 5) is 30.2. The maximum atomic E-state index is 16.1. The number of fused-ring (bicyclic) bond motifs is 1. The smallest absolute Gasteiger partial charge is 0.236 e. The van der Waals surface area contributed by atoms with Gasteiger partial charge in [-0.15, -0.1) is 0 Å². The van der Waals surface area contributed by atoms with Gasteiger partial charge < -0.3 is 15.1 Å². The van der Waals surface area contributed by atoms with E-state index in [9.17, 15) is 4.79 Å². The topological polar surface area (TPSA) is 115 Å². The maximum absolute atomic E-state index is 16.1. The van der Waals surface area contributed by atoms with Gasteiger partial charge in [0.15, 0.2) is 17.5 Å². The molecule has 2 saturated heterocycles. The predicted molar refractivity (Wildman–Crippen MR) is 149 cm³/mol. The first kappa shape index (κ1) is 25.7. The lowest BCUT2D eigenvalue weighted by molar-refractivity contribution is -0.131. The summed E-state index contributed by atoms with van der Waals surface area (Å²) in [6.07, 6.45) is 10.0. The third-order valence-electron chi connectivity index (χ3n) is 7.57. The van der Waals surface area contributed by atoms with Gasteiger partial charge in [0.05, 0.1) is 23.3 Å². The van der Waals surface area contributed by atoms with Gasteiger partial charge in [-0.3, -0.25) is 4.79 Å². The van der Waals surface area contributed by atoms with Crippen molar-refractivity contribution in [2.24, 2.45) is 0 Å². The molecule has 10 nitrogen and oxygen atoms in total. The first-order valence-corrected chi connectivity index (χ1v) is 13.7. The Labute approximate surface area is 231 Å². The Morgan fingerprint density at radius 2 is 1.95 bits per heavy atom. The summed E-state index contributed by atoms with van der Waals surface area (Å²) in [5.41, 5.74) is 2.18. The van der Waals surface area contributed by atoms with Gasteiger partial charge in [0.1, 0.15) is 17.9 Å². The number of likely N-dealkylation sites (tertiary alicyclic amines) is 1. The van der Waals surface area contributed by atoms with E-state index in [-0.39, 0.29) is 29.9 Å². The number of pyridine rings is 2. The molecule has 1 amide bonds. The van der Waals surface area contributed by atoms with E-state index in [0.29, 0.717) is 30.0 Å². The fraction of sp³-hybridized carbons (Fsp3) is 0.379. The number of nitriles is 1. The summed E-state index contributed by atoms with van der Waals surface area (Å²) in [5, 5.41) is 16.6. The lowest BCUT2D eigenvalue weighted by Crippen LogP contribution is -2.45. The summed E-state index contributed by atoms with van der Waals surface area (Å²) in [7, 11) is 0. The summed E-state index contributed by atoms with van der Waals surface area (Å²) in [6.45, 7) is 2.89. The first-order chi connectivity index (χ1) is 19.6. The molecule has 0 spiro atoms. The number of carbonyl (C=O) groups is 1. The number of hydrogen-bond donors (Lipinski definition) is 1. The van der Waals surface area contributed by atoms with E-state index in [1.54, 1.807) is 21.8 Å². The van der Waals surface area contributed by atoms with Crippen LogP contribution in [0.25, 0.3) is 28.2 Å². The summed E-state index contributed by atoms with van der Waals surface area (Å²) < 4.78 is 17.8. The largest absolute Gasteiger partial charge is 0.363 e. The van der Waals surface area contributed by atoms with Gasteiger partial charge >= 0.3 is 0 Å². The minimum absolute atomic E-state index is 0.0648. The van der Waals surface area contributed by atoms with Crippen LogP contribution < -0.4 is 10.2 Å². The van der Waals surface area contributed by atoms with Crippen molar-refractivity contribution in [1.82, 2.24) is 29.5 Å². The number of carbonyl (C=O) groups excluding carboxylic acids is 1. The second-order valence-corrected chi connectivity index (χ2v) is 10.3. The average molecular weight is 540 g/mol. The van der Waals surface area contributed by atoms with Crippen molar-refractivity contribution in [2.45, 2.75) is 44.6 Å². The van der Waals surface area contributed by atoms with Crippen LogP contribution in [0.1, 0.15) is 38.5 Å². The van der Waals surface area contributed by atoms with Crippen molar-refractivity contribution in [3.8, 4) is 28.7 Å². The Bertz CT molecular complexity index is 1560. The van der Waals surface area contributed by atoms with E-state index in [0.717, 1.165) is 50.1 Å². The number of amides is 1. The standard InChI is InChI=1S/C29H30FN9O/c30-26-27(20-9-10-24(32-17-20)37-13-3-1-4-14-37)35-28(22-18-33-39-16-5-2-8-23(22)39)36-29(26)34-21-7-6-15-38(19-21)25(40)11-12-31/h2,5,8-10,16-18,21H,1,3-4,6-7,11,13-15,19H2,(H,34,35,36)/t21-/m1/s1. The van der Waals surface area contributed by atoms with Gasteiger partial charge in [-0.05, 0) is 56.4 Å². The molecule has 2 aliphatic heterocycles. The van der Waals surface area contributed by atoms with Gasteiger partial charge in [-0.25, -0.2) is 23.9 Å². The molecular weight excluding hydrogens is 509 g/mol. The van der Waals surface area contributed by atoms with E-state index >= 15 is 4.39 Å². The molecule has 0 radical (unpaired) electrons. The number of anilines is 2. The molecule has 204 valence electrons. The molecule has 2 fully saturated rings. The van der Waals surface area contributed by atoms with Gasteiger partial charge in [-0.2, -0.15) is 10.4 Å². The lowest BCUT2D eigenvalue weighted by atomic mass is 10.0. The van der Waals surface area contributed by atoms with Crippen LogP contribution in [-0.4, -0.2) is 67.6 Å². The molecule has 2 aliphatic rings. The van der Waals surface area contributed by atoms with Crippen molar-refractivity contribution < 1.29 is 9.18 Å². The van der Waals surface area contributed by atoms with Crippen molar-refractivity contribution in [1.29, 1.82) is 5.26 Å². The Kier molecular flexibility index (Phi) is 7.23. The zero-order valence-electron chi connectivity index (χ0n) is 22.1. The molecule has 0 saturated carbocycles. The van der Waals surface area contributed by atoms with E-state index < -0.39 is 5.82 Å². The molecular formula is C29H30FN9O. The molecule has 0 bridgehead atoms. The van der Waals surface area contributed by atoms with Crippen molar-refractivity contribution in [3.05, 3.63) is 54.7 Å². The van der Waals surface area contributed by atoms with Crippen molar-refractivity contribution in [2.75, 3.05) is 36.4 Å². The van der Waals surface area contributed by atoms with E-state index in [1.165, 1.54) is 6.42 Å². The van der Waals surface area contributed by atoms with Crippen molar-refractivity contribution >= 4 is 23.1 Å². The third-order valence-corrected chi connectivity index (χ3v) is 7.57. The Hall–Kier alpha value is -4.59. The molecule has 1 N–H and O–H groups in total. The minimum Gasteiger partial charge on any atom is -0.363 e. The zero-order chi connectivity index (χ0) is 27.5. The van der Waals surface area contributed by atoms with Crippen molar-refractivity contribution in [3.63, 3.8) is 0 Å². The number of hydrogen-bond acceptors (Lipinski definition) is 8. The normalized spacial score (nSPS) is 17.6. The highest BCUT2D eigenvalue weighted by Crippen LogP contribution is 2.31. The molecule has 4 aromatic rings. The van der Waals surface area contributed by atoms with E-state index in [1.807, 2.05) is 42.6 Å². The summed E-state index contributed by atoms with van der Waals surface area (Å²) >= 11 is 0. The van der Waals surface area contributed by atoms with Crippen LogP contribution in [0.4, 0.5) is 16.0 Å². The molecule has 6 heterocycles. The molecule has 40 heavy (non-hydrogen) atoms. The molecule has 0 aromatic carbocycles. The monoisotopic (exact) mass is 539 g/mol. The highest BCUT2D eigenvalue weighted by Gasteiger charge is 2.26. The lowest BCUT2D eigenvalue weighted by Gasteiger charge is -2.33. The number of nitrogens with zero attached hydrogens (tertiary/aromatic N) is 8. The number of rotatable bonds is 6. The van der Waals surface area contributed by atoms with Crippen LogP contribution in [0, 0.1) is 17.1 Å². The van der Waals surface area contributed by atoms with Crippen LogP contribution in [0.5, 0.6) is 0 Å². The Morgan fingerprint density at radius 1 is 1.07 bits per heavy atom. The van der Waals surface area contributed by atoms with Gasteiger partial charge in [0.2, 0.25) is 5.91 Å². The first-order valence-electron chi connectivity index (χ1n) is 13.7. The zero-order valence-corrected chi connectivity index (χ0v) is 22.1. The second kappa shape index (κ2) is 11.3. The fourth-order valence-corrected chi connectivity index (χ4v) is 5.49. The Balaban J connectivity index is 1.37. The third kappa shape index (κ3) is 5.17. The van der Waals surface area contributed by atoms with Crippen LogP contribution in [0.2, 0.25) is 0 Å². The van der Waals surface area contributed by atoms with E-state index in [4.69, 9.17) is 5.26 Å². The number of aromatic nitrogens is 5. The fourth-order valence-electron chi connectivity index (χ4n) is 5.49. The van der Waals surface area contributed by atoms with Crippen LogP contribution in [0.3, 0.4) is 0 Å². The SMILES string of the molecule is N#CCC(=O)N1CCC[C@@H](Nc2nc(-c3cnn4ccccc34)nc(-c3ccc(N4CCCCC4)nc3)c2F)C1. The summed E-state index contributed by atoms with van der Waals surface area (Å²) in [5.74, 6) is 0.491. The minimum atomic E-state index is -0.576. The summed E-state index contributed by atoms with van der Waals surface area (Å²) in [6, 6.07) is 11.2. The van der Waals surface area contributed by atoms with Crippen LogP contribution in [0.15, 0.2) is 48.9 Å². The molecule has 0 unspecified atom stereocenters. The second-order valence-electron chi connectivity index (χ2n) is 10.3. The number of piperidine rings is 2. The van der Waals surface area contributed by atoms with E-state index in [2.05, 4.69) is 30.3 Å². The quantitative estimate of drug-likeness (QED) is 0.386. The molecule has 11 heteroatoms. The highest BCUT2D eigenvalue weighted by molar-refractivity contribution is 5.79. The van der Waals surface area contributed by atoms with Crippen LogP contribution in [-0.2, 0) is 4.79 Å². The molecule has 4 aromatic heterocycles. The van der Waals surface area contributed by atoms with Crippen LogP contribution >= 0.6 is 0 Å². The number of halogens is 1. The molecule has 6 rings (SSSR count). The van der Waals surface area contributed by atoms with Gasteiger partial charge in [-0.1, -0.05) is 6.07 Å². The van der Waals surface area contributed by atoms with Gasteiger partial charge in [0.25, 0.3) is 0 Å². The maximum Gasteiger partial charge on any atom is 0.236 e. The van der Waals surface area contributed by atoms with Gasteiger partial charge in [0, 0.05) is 50.2 Å². The molecule has 1 atom stereocenters. The average Bonchev–Trinajstić information content (AvgIpc) is 3.43.